The molecule has 1 fully saturated rings. The van der Waals surface area contributed by atoms with Gasteiger partial charge in [0.05, 0.1) is 0 Å². The van der Waals surface area contributed by atoms with E-state index in [1.165, 1.54) is 41.4 Å². The number of hydrogen-bond acceptors (Lipinski definition) is 1. The standard InChI is InChI=1S/C11H15BrNS/c1-9-10(4-5-11(12)13-9)8-14-6-2-3-7-14/h4-5H,2-3,6-8H2,1H3/q+1. The van der Waals surface area contributed by atoms with E-state index in [1.54, 1.807) is 0 Å². The number of aryl methyl sites for hydroxylation is 1. The third-order valence-electron chi connectivity index (χ3n) is 2.64. The van der Waals surface area contributed by atoms with Crippen LogP contribution >= 0.6 is 15.9 Å². The molecule has 0 aliphatic carbocycles. The molecule has 1 aromatic heterocycles. The van der Waals surface area contributed by atoms with Crippen LogP contribution in [0, 0.1) is 6.92 Å². The van der Waals surface area contributed by atoms with Crippen molar-refractivity contribution in [2.75, 3.05) is 11.5 Å². The first-order chi connectivity index (χ1) is 6.75. The second kappa shape index (κ2) is 4.67. The maximum atomic E-state index is 4.44. The van der Waals surface area contributed by atoms with Gasteiger partial charge >= 0.3 is 0 Å². The van der Waals surface area contributed by atoms with Crippen LogP contribution in [0.4, 0.5) is 0 Å². The lowest BCUT2D eigenvalue weighted by Crippen LogP contribution is -2.08. The summed E-state index contributed by atoms with van der Waals surface area (Å²) < 4.78 is 0.952. The SMILES string of the molecule is Cc1nc(Br)ccc1C[S+]1CCCC1. The molecule has 0 atom stereocenters. The van der Waals surface area contributed by atoms with Crippen LogP contribution in [0.15, 0.2) is 16.7 Å². The minimum absolute atomic E-state index is 0.650. The van der Waals surface area contributed by atoms with Crippen molar-refractivity contribution >= 4 is 26.8 Å². The summed E-state index contributed by atoms with van der Waals surface area (Å²) in [4.78, 5) is 4.44. The highest BCUT2D eigenvalue weighted by Crippen LogP contribution is 2.20. The average molecular weight is 273 g/mol. The third kappa shape index (κ3) is 2.51. The van der Waals surface area contributed by atoms with Crippen molar-refractivity contribution in [3.63, 3.8) is 0 Å². The van der Waals surface area contributed by atoms with Crippen molar-refractivity contribution in [2.45, 2.75) is 25.5 Å². The fourth-order valence-corrected chi connectivity index (χ4v) is 4.65. The van der Waals surface area contributed by atoms with Crippen LogP contribution in [0.2, 0.25) is 0 Å². The lowest BCUT2D eigenvalue weighted by Gasteiger charge is -2.04. The summed E-state index contributed by atoms with van der Waals surface area (Å²) in [6.07, 6.45) is 2.87. The number of nitrogens with zero attached hydrogens (tertiary/aromatic N) is 1. The Bertz CT molecular complexity index is 321. The molecular formula is C11H15BrNS+. The van der Waals surface area contributed by atoms with E-state index in [0.717, 1.165) is 4.60 Å². The van der Waals surface area contributed by atoms with Crippen molar-refractivity contribution in [3.8, 4) is 0 Å². The van der Waals surface area contributed by atoms with Gasteiger partial charge in [0.1, 0.15) is 21.9 Å². The summed E-state index contributed by atoms with van der Waals surface area (Å²) in [5.74, 6) is 4.14. The molecule has 0 spiro atoms. The van der Waals surface area contributed by atoms with Gasteiger partial charge in [0, 0.05) is 11.3 Å². The van der Waals surface area contributed by atoms with E-state index >= 15 is 0 Å². The molecule has 0 radical (unpaired) electrons. The summed E-state index contributed by atoms with van der Waals surface area (Å²) in [5.41, 5.74) is 2.64. The van der Waals surface area contributed by atoms with E-state index < -0.39 is 0 Å². The highest BCUT2D eigenvalue weighted by molar-refractivity contribution is 9.10. The fourth-order valence-electron chi connectivity index (χ4n) is 1.79. The number of halogens is 1. The second-order valence-corrected chi connectivity index (χ2v) is 6.89. The summed E-state index contributed by atoms with van der Waals surface area (Å²) >= 11 is 3.40. The van der Waals surface area contributed by atoms with Crippen molar-refractivity contribution in [1.29, 1.82) is 0 Å². The van der Waals surface area contributed by atoms with Gasteiger partial charge in [0.15, 0.2) is 0 Å². The number of hydrogen-bond donors (Lipinski definition) is 0. The molecule has 0 unspecified atom stereocenters. The maximum absolute atomic E-state index is 4.44. The van der Waals surface area contributed by atoms with E-state index in [-0.39, 0.29) is 0 Å². The topological polar surface area (TPSA) is 12.9 Å². The summed E-state index contributed by atoms with van der Waals surface area (Å²) in [6.45, 7) is 2.11. The monoisotopic (exact) mass is 272 g/mol. The molecule has 0 amide bonds. The number of rotatable bonds is 2. The Kier molecular flexibility index (Phi) is 3.50. The molecule has 14 heavy (non-hydrogen) atoms. The molecule has 2 heterocycles. The summed E-state index contributed by atoms with van der Waals surface area (Å²) in [5, 5.41) is 0. The molecule has 0 saturated carbocycles. The Balaban J connectivity index is 2.08. The molecule has 0 bridgehead atoms. The molecule has 2 rings (SSSR count). The molecule has 76 valence electrons. The first-order valence-electron chi connectivity index (χ1n) is 5.02. The molecule has 0 N–H and O–H groups in total. The second-order valence-electron chi connectivity index (χ2n) is 3.75. The molecule has 1 aliphatic heterocycles. The lowest BCUT2D eigenvalue weighted by atomic mass is 10.2. The van der Waals surface area contributed by atoms with Gasteiger partial charge in [-0.05, 0) is 58.7 Å². The van der Waals surface area contributed by atoms with Gasteiger partial charge in [-0.15, -0.1) is 0 Å². The van der Waals surface area contributed by atoms with Crippen LogP contribution in [0.25, 0.3) is 0 Å². The van der Waals surface area contributed by atoms with E-state index in [0.29, 0.717) is 10.9 Å². The molecule has 1 aromatic rings. The van der Waals surface area contributed by atoms with Crippen molar-refractivity contribution in [3.05, 3.63) is 28.0 Å². The van der Waals surface area contributed by atoms with Crippen LogP contribution in [-0.2, 0) is 16.6 Å². The average Bonchev–Trinajstić information content (AvgIpc) is 2.62. The van der Waals surface area contributed by atoms with Gasteiger partial charge in [-0.3, -0.25) is 0 Å². The summed E-state index contributed by atoms with van der Waals surface area (Å²) in [7, 11) is 0.650. The van der Waals surface area contributed by atoms with Crippen LogP contribution in [0.1, 0.15) is 24.1 Å². The van der Waals surface area contributed by atoms with Gasteiger partial charge in [-0.25, -0.2) is 4.98 Å². The Morgan fingerprint density at radius 3 is 2.71 bits per heavy atom. The van der Waals surface area contributed by atoms with E-state index in [9.17, 15) is 0 Å². The zero-order valence-electron chi connectivity index (χ0n) is 8.42. The van der Waals surface area contributed by atoms with Gasteiger partial charge in [0.2, 0.25) is 0 Å². The predicted octanol–water partition coefficient (Wildman–Crippen LogP) is 3.06. The smallest absolute Gasteiger partial charge is 0.135 e. The minimum Gasteiger partial charge on any atom is -0.246 e. The van der Waals surface area contributed by atoms with Crippen LogP contribution in [0.3, 0.4) is 0 Å². The fraction of sp³-hybridized carbons (Fsp3) is 0.545. The van der Waals surface area contributed by atoms with Gasteiger partial charge in [0.25, 0.3) is 0 Å². The van der Waals surface area contributed by atoms with Crippen LogP contribution in [-0.4, -0.2) is 16.5 Å². The molecule has 1 saturated heterocycles. The normalized spacial score (nSPS) is 17.6. The predicted molar refractivity (Wildman–Crippen MR) is 66.7 cm³/mol. The maximum Gasteiger partial charge on any atom is 0.135 e. The zero-order valence-corrected chi connectivity index (χ0v) is 10.8. The summed E-state index contributed by atoms with van der Waals surface area (Å²) in [6, 6.07) is 4.28. The highest BCUT2D eigenvalue weighted by Gasteiger charge is 2.24. The van der Waals surface area contributed by atoms with Gasteiger partial charge in [-0.1, -0.05) is 0 Å². The van der Waals surface area contributed by atoms with E-state index in [1.807, 2.05) is 0 Å². The Morgan fingerprint density at radius 1 is 1.36 bits per heavy atom. The Labute approximate surface area is 96.8 Å². The van der Waals surface area contributed by atoms with Crippen molar-refractivity contribution < 1.29 is 0 Å². The van der Waals surface area contributed by atoms with Gasteiger partial charge in [-0.2, -0.15) is 0 Å². The first kappa shape index (κ1) is 10.5. The van der Waals surface area contributed by atoms with Gasteiger partial charge < -0.3 is 0 Å². The number of aromatic nitrogens is 1. The quantitative estimate of drug-likeness (QED) is 0.596. The van der Waals surface area contributed by atoms with Crippen molar-refractivity contribution in [2.24, 2.45) is 0 Å². The van der Waals surface area contributed by atoms with Crippen LogP contribution in [0.5, 0.6) is 0 Å². The molecule has 1 aliphatic rings. The zero-order chi connectivity index (χ0) is 9.97. The Hall–Kier alpha value is -0.0200. The molecule has 0 aromatic carbocycles. The molecular weight excluding hydrogens is 258 g/mol. The number of pyridine rings is 1. The Morgan fingerprint density at radius 2 is 2.07 bits per heavy atom. The minimum atomic E-state index is 0.650. The van der Waals surface area contributed by atoms with Crippen molar-refractivity contribution in [1.82, 2.24) is 4.98 Å². The largest absolute Gasteiger partial charge is 0.246 e. The van der Waals surface area contributed by atoms with E-state index in [4.69, 9.17) is 0 Å². The highest BCUT2D eigenvalue weighted by atomic mass is 79.9. The first-order valence-corrected chi connectivity index (χ1v) is 7.54. The van der Waals surface area contributed by atoms with E-state index in [2.05, 4.69) is 40.0 Å². The van der Waals surface area contributed by atoms with Crippen LogP contribution < -0.4 is 0 Å². The lowest BCUT2D eigenvalue weighted by molar-refractivity contribution is 0.949. The third-order valence-corrected chi connectivity index (χ3v) is 5.53. The molecule has 1 nitrogen and oxygen atoms in total. The molecule has 3 heteroatoms.